The molecule has 1 aromatic rings. The van der Waals surface area contributed by atoms with Crippen LogP contribution in [0.1, 0.15) is 5.56 Å². The van der Waals surface area contributed by atoms with Crippen LogP contribution in [0.15, 0.2) is 23.1 Å². The quantitative estimate of drug-likeness (QED) is 0.589. The predicted molar refractivity (Wildman–Crippen MR) is 72.2 cm³/mol. The standard InChI is InChI=1S/C12H17N3O3S/c1-9-11(13)3-2-4-12(9)19(17,18)15-6-5-14-10(7-15)8-16/h2-4,8,10,14H,5-7,13H2,1H3. The van der Waals surface area contributed by atoms with Crippen LogP contribution in [0, 0.1) is 6.92 Å². The van der Waals surface area contributed by atoms with Crippen molar-refractivity contribution in [2.24, 2.45) is 0 Å². The molecule has 6 nitrogen and oxygen atoms in total. The number of nitrogens with zero attached hydrogens (tertiary/aromatic N) is 1. The van der Waals surface area contributed by atoms with Gasteiger partial charge in [0.15, 0.2) is 0 Å². The Balaban J connectivity index is 2.37. The minimum absolute atomic E-state index is 0.153. The largest absolute Gasteiger partial charge is 0.398 e. The molecule has 19 heavy (non-hydrogen) atoms. The lowest BCUT2D eigenvalue weighted by molar-refractivity contribution is -0.110. The lowest BCUT2D eigenvalue weighted by Crippen LogP contribution is -2.53. The van der Waals surface area contributed by atoms with E-state index in [0.717, 1.165) is 6.29 Å². The molecule has 1 fully saturated rings. The SMILES string of the molecule is Cc1c(N)cccc1S(=O)(=O)N1CCNC(C=O)C1. The lowest BCUT2D eigenvalue weighted by atomic mass is 10.2. The maximum Gasteiger partial charge on any atom is 0.243 e. The molecule has 0 aromatic heterocycles. The van der Waals surface area contributed by atoms with Gasteiger partial charge in [0.25, 0.3) is 0 Å². The van der Waals surface area contributed by atoms with Gasteiger partial charge in [0, 0.05) is 25.3 Å². The van der Waals surface area contributed by atoms with E-state index in [-0.39, 0.29) is 11.4 Å². The van der Waals surface area contributed by atoms with Crippen LogP contribution < -0.4 is 11.1 Å². The first-order valence-electron chi connectivity index (χ1n) is 6.00. The van der Waals surface area contributed by atoms with Crippen molar-refractivity contribution in [1.82, 2.24) is 9.62 Å². The van der Waals surface area contributed by atoms with E-state index in [4.69, 9.17) is 5.73 Å². The Bertz CT molecular complexity index is 586. The second-order valence-electron chi connectivity index (χ2n) is 4.53. The zero-order valence-corrected chi connectivity index (χ0v) is 11.5. The van der Waals surface area contributed by atoms with Gasteiger partial charge < -0.3 is 15.8 Å². The van der Waals surface area contributed by atoms with Gasteiger partial charge in [0.1, 0.15) is 6.29 Å². The number of carbonyl (C=O) groups excluding carboxylic acids is 1. The molecule has 0 aliphatic carbocycles. The molecule has 1 atom stereocenters. The predicted octanol–water partition coefficient (Wildman–Crippen LogP) is -0.261. The highest BCUT2D eigenvalue weighted by Crippen LogP contribution is 2.24. The van der Waals surface area contributed by atoms with E-state index >= 15 is 0 Å². The second-order valence-corrected chi connectivity index (χ2v) is 6.44. The van der Waals surface area contributed by atoms with E-state index in [1.807, 2.05) is 0 Å². The Hall–Kier alpha value is -1.44. The third-order valence-electron chi connectivity index (χ3n) is 3.28. The van der Waals surface area contributed by atoms with Gasteiger partial charge in [0.2, 0.25) is 10.0 Å². The van der Waals surface area contributed by atoms with Gasteiger partial charge in [-0.15, -0.1) is 0 Å². The van der Waals surface area contributed by atoms with E-state index in [1.165, 1.54) is 4.31 Å². The van der Waals surface area contributed by atoms with Crippen LogP contribution in [0.3, 0.4) is 0 Å². The lowest BCUT2D eigenvalue weighted by Gasteiger charge is -2.30. The van der Waals surface area contributed by atoms with Crippen LogP contribution in [-0.4, -0.2) is 44.7 Å². The number of carbonyl (C=O) groups is 1. The summed E-state index contributed by atoms with van der Waals surface area (Å²) in [7, 11) is -3.60. The van der Waals surface area contributed by atoms with Crippen molar-refractivity contribution >= 4 is 22.0 Å². The summed E-state index contributed by atoms with van der Waals surface area (Å²) in [6.07, 6.45) is 0.730. The van der Waals surface area contributed by atoms with Crippen molar-refractivity contribution in [3.05, 3.63) is 23.8 Å². The fourth-order valence-corrected chi connectivity index (χ4v) is 3.83. The molecule has 0 saturated carbocycles. The van der Waals surface area contributed by atoms with Crippen LogP contribution in [0.5, 0.6) is 0 Å². The molecule has 1 unspecified atom stereocenters. The Kier molecular flexibility index (Phi) is 3.88. The Morgan fingerprint density at radius 2 is 2.21 bits per heavy atom. The number of sulfonamides is 1. The number of rotatable bonds is 3. The highest BCUT2D eigenvalue weighted by Gasteiger charge is 2.31. The highest BCUT2D eigenvalue weighted by atomic mass is 32.2. The Morgan fingerprint density at radius 1 is 1.47 bits per heavy atom. The van der Waals surface area contributed by atoms with Gasteiger partial charge >= 0.3 is 0 Å². The van der Waals surface area contributed by atoms with Crippen molar-refractivity contribution in [1.29, 1.82) is 0 Å². The molecule has 2 rings (SSSR count). The number of nitrogen functional groups attached to an aromatic ring is 1. The highest BCUT2D eigenvalue weighted by molar-refractivity contribution is 7.89. The van der Waals surface area contributed by atoms with Gasteiger partial charge in [-0.1, -0.05) is 6.07 Å². The number of anilines is 1. The number of nitrogens with one attached hydrogen (secondary N) is 1. The summed E-state index contributed by atoms with van der Waals surface area (Å²) in [5.41, 5.74) is 6.74. The first-order valence-corrected chi connectivity index (χ1v) is 7.44. The van der Waals surface area contributed by atoms with Crippen LogP contribution >= 0.6 is 0 Å². The summed E-state index contributed by atoms with van der Waals surface area (Å²) in [5.74, 6) is 0. The zero-order chi connectivity index (χ0) is 14.0. The van der Waals surface area contributed by atoms with Gasteiger partial charge in [-0.05, 0) is 24.6 Å². The summed E-state index contributed by atoms with van der Waals surface area (Å²) in [6, 6.07) is 4.37. The third-order valence-corrected chi connectivity index (χ3v) is 5.29. The molecule has 0 bridgehead atoms. The molecule has 1 aliphatic rings. The van der Waals surface area contributed by atoms with Gasteiger partial charge in [-0.25, -0.2) is 8.42 Å². The number of aldehydes is 1. The Labute approximate surface area is 112 Å². The van der Waals surface area contributed by atoms with Crippen LogP contribution in [-0.2, 0) is 14.8 Å². The minimum atomic E-state index is -3.60. The van der Waals surface area contributed by atoms with Crippen LogP contribution in [0.25, 0.3) is 0 Å². The van der Waals surface area contributed by atoms with Crippen molar-refractivity contribution in [2.45, 2.75) is 17.9 Å². The van der Waals surface area contributed by atoms with Gasteiger partial charge in [-0.3, -0.25) is 0 Å². The van der Waals surface area contributed by atoms with E-state index < -0.39 is 16.1 Å². The molecule has 0 spiro atoms. The maximum atomic E-state index is 12.5. The molecule has 3 N–H and O–H groups in total. The summed E-state index contributed by atoms with van der Waals surface area (Å²) >= 11 is 0. The van der Waals surface area contributed by atoms with Crippen molar-refractivity contribution in [3.8, 4) is 0 Å². The van der Waals surface area contributed by atoms with Crippen molar-refractivity contribution < 1.29 is 13.2 Å². The molecule has 1 aromatic carbocycles. The number of piperazine rings is 1. The smallest absolute Gasteiger partial charge is 0.243 e. The van der Waals surface area contributed by atoms with Gasteiger partial charge in [0.05, 0.1) is 10.9 Å². The molecule has 7 heteroatoms. The molecule has 1 heterocycles. The Morgan fingerprint density at radius 3 is 2.89 bits per heavy atom. The summed E-state index contributed by atoms with van der Waals surface area (Å²) in [5, 5.41) is 2.95. The fourth-order valence-electron chi connectivity index (χ4n) is 2.11. The minimum Gasteiger partial charge on any atom is -0.398 e. The normalized spacial score (nSPS) is 21.2. The molecular weight excluding hydrogens is 266 g/mol. The average molecular weight is 283 g/mol. The third kappa shape index (κ3) is 2.63. The van der Waals surface area contributed by atoms with Crippen molar-refractivity contribution in [2.75, 3.05) is 25.4 Å². The topological polar surface area (TPSA) is 92.5 Å². The van der Waals surface area contributed by atoms with Crippen molar-refractivity contribution in [3.63, 3.8) is 0 Å². The number of hydrogen-bond acceptors (Lipinski definition) is 5. The number of benzene rings is 1. The number of nitrogens with two attached hydrogens (primary N) is 1. The van der Waals surface area contributed by atoms with Gasteiger partial charge in [-0.2, -0.15) is 4.31 Å². The summed E-state index contributed by atoms with van der Waals surface area (Å²) < 4.78 is 26.4. The molecule has 1 saturated heterocycles. The van der Waals surface area contributed by atoms with Crippen LogP contribution in [0.2, 0.25) is 0 Å². The first kappa shape index (κ1) is 14.0. The molecule has 1 aliphatic heterocycles. The average Bonchev–Trinajstić information content (AvgIpc) is 2.41. The maximum absolute atomic E-state index is 12.5. The van der Waals surface area contributed by atoms with E-state index in [0.29, 0.717) is 24.3 Å². The fraction of sp³-hybridized carbons (Fsp3) is 0.417. The molecule has 0 radical (unpaired) electrons. The number of hydrogen-bond donors (Lipinski definition) is 2. The van der Waals surface area contributed by atoms with E-state index in [2.05, 4.69) is 5.32 Å². The monoisotopic (exact) mass is 283 g/mol. The summed E-state index contributed by atoms with van der Waals surface area (Å²) in [6.45, 7) is 2.65. The first-order chi connectivity index (χ1) is 8.96. The van der Waals surface area contributed by atoms with E-state index in [9.17, 15) is 13.2 Å². The van der Waals surface area contributed by atoms with E-state index in [1.54, 1.807) is 25.1 Å². The summed E-state index contributed by atoms with van der Waals surface area (Å²) in [4.78, 5) is 11.0. The molecular formula is C12H17N3O3S. The zero-order valence-electron chi connectivity index (χ0n) is 10.7. The second kappa shape index (κ2) is 5.28. The van der Waals surface area contributed by atoms with Crippen LogP contribution in [0.4, 0.5) is 5.69 Å². The molecule has 0 amide bonds. The molecule has 104 valence electrons.